The van der Waals surface area contributed by atoms with Crippen LogP contribution in [-0.2, 0) is 9.59 Å². The summed E-state index contributed by atoms with van der Waals surface area (Å²) in [5.41, 5.74) is -0.990. The summed E-state index contributed by atoms with van der Waals surface area (Å²) in [6.07, 6.45) is 0.182. The summed E-state index contributed by atoms with van der Waals surface area (Å²) >= 11 is 11.8. The normalized spacial score (nSPS) is 26.4. The molecule has 3 saturated carbocycles. The van der Waals surface area contributed by atoms with Crippen molar-refractivity contribution in [3.8, 4) is 11.5 Å². The number of amides is 2. The average Bonchev–Trinajstić information content (AvgIpc) is 2.73. The first-order valence-electron chi connectivity index (χ1n) is 10.5. The average molecular weight is 511 g/mol. The molecular weight excluding hydrogens is 493 g/mol. The molecule has 11 heteroatoms. The van der Waals surface area contributed by atoms with Crippen molar-refractivity contribution < 1.29 is 32.6 Å². The summed E-state index contributed by atoms with van der Waals surface area (Å²) < 4.78 is 37.8. The van der Waals surface area contributed by atoms with Crippen LogP contribution in [0.5, 0.6) is 11.5 Å². The molecular formula is C23H18Cl2F2N2O5. The van der Waals surface area contributed by atoms with Gasteiger partial charge in [-0.15, -0.1) is 0 Å². The second-order valence-corrected chi connectivity index (χ2v) is 9.80. The summed E-state index contributed by atoms with van der Waals surface area (Å²) in [4.78, 5) is 37.2. The topological polar surface area (TPSA) is 93.7 Å². The summed E-state index contributed by atoms with van der Waals surface area (Å²) in [6.45, 7) is -0.201. The summed E-state index contributed by atoms with van der Waals surface area (Å²) in [6, 6.07) is 6.24. The zero-order valence-electron chi connectivity index (χ0n) is 17.6. The van der Waals surface area contributed by atoms with Gasteiger partial charge in [0.2, 0.25) is 0 Å². The molecule has 2 aromatic rings. The molecule has 34 heavy (non-hydrogen) atoms. The van der Waals surface area contributed by atoms with Gasteiger partial charge in [-0.3, -0.25) is 14.4 Å². The third kappa shape index (κ3) is 4.07. The van der Waals surface area contributed by atoms with E-state index in [1.165, 1.54) is 6.07 Å². The molecule has 0 saturated heterocycles. The Hall–Kier alpha value is -2.91. The van der Waals surface area contributed by atoms with Crippen LogP contribution in [0.4, 0.5) is 8.78 Å². The SMILES string of the molecule is O=C(COc1ccc(Cl)c(Cl)c1)NC12CC(NC(=O)[C@H]3CC(=O)c4cc(F)c(F)cc4O3)(C1)C2. The van der Waals surface area contributed by atoms with Crippen molar-refractivity contribution >= 4 is 40.8 Å². The van der Waals surface area contributed by atoms with Gasteiger partial charge in [-0.05, 0) is 37.5 Å². The summed E-state index contributed by atoms with van der Waals surface area (Å²) in [7, 11) is 0. The van der Waals surface area contributed by atoms with Crippen LogP contribution in [-0.4, -0.2) is 41.4 Å². The van der Waals surface area contributed by atoms with E-state index in [-0.39, 0.29) is 30.2 Å². The minimum Gasteiger partial charge on any atom is -0.484 e. The van der Waals surface area contributed by atoms with Crippen molar-refractivity contribution in [3.05, 3.63) is 57.6 Å². The Kier molecular flexibility index (Phi) is 5.44. The van der Waals surface area contributed by atoms with Crippen LogP contribution in [0.2, 0.25) is 10.0 Å². The molecule has 1 atom stereocenters. The highest BCUT2D eigenvalue weighted by atomic mass is 35.5. The number of halogens is 4. The van der Waals surface area contributed by atoms with Crippen LogP contribution in [0.15, 0.2) is 30.3 Å². The number of ketones is 1. The lowest BCUT2D eigenvalue weighted by Gasteiger charge is -2.70. The van der Waals surface area contributed by atoms with Crippen LogP contribution in [0, 0.1) is 11.6 Å². The molecule has 6 rings (SSSR count). The van der Waals surface area contributed by atoms with E-state index in [2.05, 4.69) is 10.6 Å². The second-order valence-electron chi connectivity index (χ2n) is 8.99. The number of carbonyl (C=O) groups excluding carboxylic acids is 3. The third-order valence-corrected chi connectivity index (χ3v) is 7.08. The number of benzene rings is 2. The molecule has 0 radical (unpaired) electrons. The van der Waals surface area contributed by atoms with E-state index < -0.39 is 40.5 Å². The van der Waals surface area contributed by atoms with Gasteiger partial charge in [0, 0.05) is 23.2 Å². The van der Waals surface area contributed by atoms with Crippen molar-refractivity contribution in [3.63, 3.8) is 0 Å². The first-order chi connectivity index (χ1) is 16.1. The Morgan fingerprint density at radius 1 is 1.03 bits per heavy atom. The Balaban J connectivity index is 1.11. The zero-order valence-corrected chi connectivity index (χ0v) is 19.1. The van der Waals surface area contributed by atoms with Gasteiger partial charge >= 0.3 is 0 Å². The van der Waals surface area contributed by atoms with Crippen molar-refractivity contribution in [1.29, 1.82) is 0 Å². The number of nitrogens with one attached hydrogen (secondary N) is 2. The van der Waals surface area contributed by atoms with E-state index in [4.69, 9.17) is 32.7 Å². The number of Topliss-reactive ketones (excluding diaryl/α,β-unsaturated/α-hetero) is 1. The van der Waals surface area contributed by atoms with E-state index in [9.17, 15) is 23.2 Å². The van der Waals surface area contributed by atoms with Crippen molar-refractivity contribution in [1.82, 2.24) is 10.6 Å². The maximum Gasteiger partial charge on any atom is 0.261 e. The van der Waals surface area contributed by atoms with E-state index in [0.717, 1.165) is 12.1 Å². The lowest BCUT2D eigenvalue weighted by Crippen LogP contribution is -2.84. The highest BCUT2D eigenvalue weighted by molar-refractivity contribution is 6.42. The number of hydrogen-bond acceptors (Lipinski definition) is 5. The lowest BCUT2D eigenvalue weighted by molar-refractivity contribution is -0.154. The fourth-order valence-electron chi connectivity index (χ4n) is 4.91. The minimum atomic E-state index is -1.16. The summed E-state index contributed by atoms with van der Waals surface area (Å²) in [5.74, 6) is -3.36. The van der Waals surface area contributed by atoms with Gasteiger partial charge in [0.25, 0.3) is 11.8 Å². The monoisotopic (exact) mass is 510 g/mol. The van der Waals surface area contributed by atoms with Crippen LogP contribution < -0.4 is 20.1 Å². The van der Waals surface area contributed by atoms with Crippen LogP contribution >= 0.6 is 23.2 Å². The number of hydrogen-bond donors (Lipinski definition) is 2. The number of fused-ring (bicyclic) bond motifs is 1. The highest BCUT2D eigenvalue weighted by Crippen LogP contribution is 2.60. The van der Waals surface area contributed by atoms with Gasteiger partial charge in [-0.1, -0.05) is 23.2 Å². The van der Waals surface area contributed by atoms with E-state index in [0.29, 0.717) is 35.1 Å². The smallest absolute Gasteiger partial charge is 0.261 e. The minimum absolute atomic E-state index is 0.0850. The van der Waals surface area contributed by atoms with Gasteiger partial charge < -0.3 is 20.1 Å². The van der Waals surface area contributed by atoms with Gasteiger partial charge in [0.1, 0.15) is 11.5 Å². The molecule has 0 spiro atoms. The van der Waals surface area contributed by atoms with Crippen LogP contribution in [0.25, 0.3) is 0 Å². The maximum atomic E-state index is 13.5. The molecule has 7 nitrogen and oxygen atoms in total. The Labute approximate surface area is 202 Å². The predicted octanol–water partition coefficient (Wildman–Crippen LogP) is 3.59. The third-order valence-electron chi connectivity index (χ3n) is 6.34. The standard InChI is InChI=1S/C23H18Cl2F2N2O5/c24-13-2-1-11(3-14(13)25)33-7-20(31)28-22-8-23(9-22,10-22)29-21(32)19-6-17(30)12-4-15(26)16(27)5-18(12)34-19/h1-5,19H,6-10H2,(H,28,31)(H,29,32)/t19-,22?,23?/m1/s1. The molecule has 3 aliphatic carbocycles. The number of carbonyl (C=O) groups is 3. The van der Waals surface area contributed by atoms with Gasteiger partial charge in [-0.25, -0.2) is 8.78 Å². The first kappa shape index (κ1) is 22.9. The first-order valence-corrected chi connectivity index (χ1v) is 11.2. The molecule has 4 aliphatic rings. The molecule has 178 valence electrons. The molecule has 2 amide bonds. The summed E-state index contributed by atoms with van der Waals surface area (Å²) in [5, 5.41) is 6.51. The second kappa shape index (κ2) is 8.09. The van der Waals surface area contributed by atoms with Gasteiger partial charge in [-0.2, -0.15) is 0 Å². The maximum absolute atomic E-state index is 13.5. The highest BCUT2D eigenvalue weighted by Gasteiger charge is 2.69. The van der Waals surface area contributed by atoms with E-state index in [1.54, 1.807) is 12.1 Å². The molecule has 2 N–H and O–H groups in total. The van der Waals surface area contributed by atoms with Crippen LogP contribution in [0.1, 0.15) is 36.0 Å². The Morgan fingerprint density at radius 3 is 2.41 bits per heavy atom. The largest absolute Gasteiger partial charge is 0.484 e. The number of rotatable bonds is 6. The van der Waals surface area contributed by atoms with E-state index >= 15 is 0 Å². The van der Waals surface area contributed by atoms with Crippen molar-refractivity contribution in [2.24, 2.45) is 0 Å². The van der Waals surface area contributed by atoms with E-state index in [1.807, 2.05) is 0 Å². The Morgan fingerprint density at radius 2 is 1.71 bits per heavy atom. The van der Waals surface area contributed by atoms with Gasteiger partial charge in [0.15, 0.2) is 30.1 Å². The molecule has 1 aliphatic heterocycles. The van der Waals surface area contributed by atoms with Crippen molar-refractivity contribution in [2.75, 3.05) is 6.61 Å². The van der Waals surface area contributed by atoms with Gasteiger partial charge in [0.05, 0.1) is 22.0 Å². The zero-order chi connectivity index (χ0) is 24.3. The molecule has 2 aromatic carbocycles. The molecule has 3 fully saturated rings. The Bertz CT molecular complexity index is 1220. The fraction of sp³-hybridized carbons (Fsp3) is 0.348. The van der Waals surface area contributed by atoms with Crippen molar-refractivity contribution in [2.45, 2.75) is 42.9 Å². The van der Waals surface area contributed by atoms with Crippen LogP contribution in [0.3, 0.4) is 0 Å². The predicted molar refractivity (Wildman–Crippen MR) is 117 cm³/mol. The molecule has 2 bridgehead atoms. The fourth-order valence-corrected chi connectivity index (χ4v) is 5.19. The number of ether oxygens (including phenoxy) is 2. The molecule has 0 unspecified atom stereocenters. The molecule has 0 aromatic heterocycles. The molecule has 1 heterocycles. The lowest BCUT2D eigenvalue weighted by atomic mass is 9.44. The quantitative estimate of drug-likeness (QED) is 0.619.